The predicted octanol–water partition coefficient (Wildman–Crippen LogP) is 7.65. The molecule has 12 heteroatoms. The average Bonchev–Trinajstić information content (AvgIpc) is 3.64. The number of carbonyl (C=O) groups is 4. The fourth-order valence-electron chi connectivity index (χ4n) is 7.47. The lowest BCUT2D eigenvalue weighted by Crippen LogP contribution is -2.30. The molecule has 2 atom stereocenters. The average molecular weight is 720 g/mol. The van der Waals surface area contributed by atoms with Gasteiger partial charge < -0.3 is 30.6 Å². The van der Waals surface area contributed by atoms with E-state index in [1.807, 2.05) is 12.1 Å². The van der Waals surface area contributed by atoms with Gasteiger partial charge in [0.05, 0.1) is 11.7 Å². The van der Waals surface area contributed by atoms with Crippen LogP contribution in [-0.4, -0.2) is 57.0 Å². The Bertz CT molecular complexity index is 2020. The minimum Gasteiger partial charge on any atom is -0.507 e. The molecule has 0 saturated heterocycles. The third-order valence-corrected chi connectivity index (χ3v) is 10.3. The van der Waals surface area contributed by atoms with Gasteiger partial charge in [-0.15, -0.1) is 23.2 Å². The Hall–Kier alpha value is -4.54. The molecule has 0 bridgehead atoms. The number of fused-ring (bicyclic) bond motifs is 6. The van der Waals surface area contributed by atoms with Crippen LogP contribution in [0.25, 0.3) is 21.5 Å². The molecule has 0 radical (unpaired) electrons. The van der Waals surface area contributed by atoms with E-state index >= 15 is 0 Å². The number of nitrogens with zero attached hydrogens (tertiary/aromatic N) is 2. The van der Waals surface area contributed by atoms with E-state index < -0.39 is 0 Å². The number of unbranched alkanes of at least 4 members (excludes halogenated alkanes) is 3. The van der Waals surface area contributed by atoms with Crippen molar-refractivity contribution in [1.29, 1.82) is 0 Å². The highest BCUT2D eigenvalue weighted by Crippen LogP contribution is 2.47. The molecule has 2 unspecified atom stereocenters. The number of benzene rings is 4. The standard InChI is InChI=1S/C38H40Cl2N4O6/c1-21(45)41-25-9-11-27-29(14-25)33(47)13-23-19-44(32(18-40)37(23)27)36(50)8-6-4-3-5-7-35(49)43-20-24(17-39)38-28-12-10-26(42-22(2)46)15-30(28)34(48)16-31(38)43/h9-16,24,32,47-48H,3-8,17-20H2,1-2H3,(H,41,45)(H,42,46). The molecule has 2 heterocycles. The van der Waals surface area contributed by atoms with Gasteiger partial charge in [-0.25, -0.2) is 0 Å². The topological polar surface area (TPSA) is 139 Å². The molecular weight excluding hydrogens is 679 g/mol. The second kappa shape index (κ2) is 14.7. The van der Waals surface area contributed by atoms with Crippen LogP contribution in [0.15, 0.2) is 48.5 Å². The Morgan fingerprint density at radius 1 is 0.720 bits per heavy atom. The van der Waals surface area contributed by atoms with Gasteiger partial charge in [-0.1, -0.05) is 25.0 Å². The van der Waals surface area contributed by atoms with Crippen LogP contribution in [0.1, 0.15) is 81.0 Å². The molecule has 0 fully saturated rings. The highest BCUT2D eigenvalue weighted by Gasteiger charge is 2.36. The third kappa shape index (κ3) is 6.91. The molecule has 4 amide bonds. The monoisotopic (exact) mass is 718 g/mol. The molecule has 2 aliphatic rings. The largest absolute Gasteiger partial charge is 0.507 e. The maximum absolute atomic E-state index is 13.4. The summed E-state index contributed by atoms with van der Waals surface area (Å²) in [4.78, 5) is 53.4. The Labute approximate surface area is 300 Å². The first kappa shape index (κ1) is 35.3. The van der Waals surface area contributed by atoms with Crippen molar-refractivity contribution >= 4 is 85.4 Å². The van der Waals surface area contributed by atoms with Crippen molar-refractivity contribution in [3.63, 3.8) is 0 Å². The van der Waals surface area contributed by atoms with Crippen LogP contribution in [0, 0.1) is 0 Å². The zero-order valence-electron chi connectivity index (χ0n) is 28.0. The number of hydrogen-bond acceptors (Lipinski definition) is 6. The smallest absolute Gasteiger partial charge is 0.227 e. The number of amides is 4. The minimum atomic E-state index is -0.331. The van der Waals surface area contributed by atoms with Crippen LogP contribution in [0.3, 0.4) is 0 Å². The highest BCUT2D eigenvalue weighted by atomic mass is 35.5. The zero-order valence-corrected chi connectivity index (χ0v) is 29.5. The van der Waals surface area contributed by atoms with Gasteiger partial charge in [0.2, 0.25) is 23.6 Å². The lowest BCUT2D eigenvalue weighted by Gasteiger charge is -2.24. The van der Waals surface area contributed by atoms with Crippen molar-refractivity contribution in [2.45, 2.75) is 70.9 Å². The summed E-state index contributed by atoms with van der Waals surface area (Å²) in [6.07, 6.45) is 3.57. The molecule has 4 N–H and O–H groups in total. The van der Waals surface area contributed by atoms with Crippen molar-refractivity contribution in [2.75, 3.05) is 33.8 Å². The highest BCUT2D eigenvalue weighted by molar-refractivity contribution is 6.19. The lowest BCUT2D eigenvalue weighted by atomic mass is 9.95. The first-order chi connectivity index (χ1) is 24.0. The summed E-state index contributed by atoms with van der Waals surface area (Å²) < 4.78 is 0. The first-order valence-corrected chi connectivity index (χ1v) is 17.9. The number of hydrogen-bond donors (Lipinski definition) is 4. The molecule has 2 aliphatic heterocycles. The maximum Gasteiger partial charge on any atom is 0.227 e. The molecule has 6 rings (SSSR count). The van der Waals surface area contributed by atoms with E-state index in [2.05, 4.69) is 10.6 Å². The van der Waals surface area contributed by atoms with Crippen LogP contribution in [0.2, 0.25) is 0 Å². The van der Waals surface area contributed by atoms with E-state index in [1.54, 1.807) is 46.2 Å². The van der Waals surface area contributed by atoms with E-state index in [1.165, 1.54) is 13.8 Å². The lowest BCUT2D eigenvalue weighted by molar-refractivity contribution is -0.133. The third-order valence-electron chi connectivity index (χ3n) is 9.66. The Balaban J connectivity index is 1.03. The van der Waals surface area contributed by atoms with Crippen LogP contribution in [0.5, 0.6) is 11.5 Å². The van der Waals surface area contributed by atoms with Gasteiger partial charge in [-0.05, 0) is 70.6 Å². The van der Waals surface area contributed by atoms with Crippen LogP contribution >= 0.6 is 23.2 Å². The second-order valence-electron chi connectivity index (χ2n) is 13.1. The summed E-state index contributed by atoms with van der Waals surface area (Å²) in [5.41, 5.74) is 4.52. The van der Waals surface area contributed by atoms with Crippen molar-refractivity contribution in [3.8, 4) is 11.5 Å². The summed E-state index contributed by atoms with van der Waals surface area (Å²) >= 11 is 12.8. The van der Waals surface area contributed by atoms with E-state index in [0.29, 0.717) is 72.5 Å². The van der Waals surface area contributed by atoms with E-state index in [4.69, 9.17) is 23.2 Å². The SMILES string of the molecule is CC(=O)Nc1ccc2c3c(cc(O)c2c1)N(C(=O)CCCCCCC(=O)N1Cc2cc(O)c4cc(NC(C)=O)ccc4c2C1CCl)CC3CCl. The second-order valence-corrected chi connectivity index (χ2v) is 13.8. The fraction of sp³-hybridized carbons (Fsp3) is 0.368. The molecule has 0 saturated carbocycles. The van der Waals surface area contributed by atoms with Crippen molar-refractivity contribution in [1.82, 2.24) is 4.90 Å². The number of alkyl halides is 2. The van der Waals surface area contributed by atoms with Crippen LogP contribution in [0.4, 0.5) is 17.1 Å². The maximum atomic E-state index is 13.4. The normalized spacial score (nSPS) is 16.5. The van der Waals surface area contributed by atoms with Gasteiger partial charge in [-0.3, -0.25) is 19.2 Å². The molecule has 4 aromatic carbocycles. The minimum absolute atomic E-state index is 0.0116. The number of nitrogens with one attached hydrogen (secondary N) is 2. The molecule has 10 nitrogen and oxygen atoms in total. The van der Waals surface area contributed by atoms with Crippen molar-refractivity contribution in [2.24, 2.45) is 0 Å². The summed E-state index contributed by atoms with van der Waals surface area (Å²) in [5, 5.41) is 29.9. The number of rotatable bonds is 11. The Kier molecular flexibility index (Phi) is 10.4. The fourth-order valence-corrected chi connectivity index (χ4v) is 8.04. The van der Waals surface area contributed by atoms with Gasteiger partial charge in [0, 0.05) is 85.7 Å². The molecular formula is C38H40Cl2N4O6. The number of carbonyl (C=O) groups excluding carboxylic acids is 4. The Morgan fingerprint density at radius 3 is 1.84 bits per heavy atom. The number of anilines is 3. The number of aromatic hydroxyl groups is 2. The molecule has 0 aliphatic carbocycles. The number of phenols is 2. The molecule has 0 spiro atoms. The summed E-state index contributed by atoms with van der Waals surface area (Å²) in [6, 6.07) is 13.7. The molecule has 50 heavy (non-hydrogen) atoms. The van der Waals surface area contributed by atoms with Crippen molar-refractivity contribution in [3.05, 3.63) is 65.2 Å². The zero-order chi connectivity index (χ0) is 35.7. The summed E-state index contributed by atoms with van der Waals surface area (Å²) in [6.45, 7) is 3.64. The van der Waals surface area contributed by atoms with Crippen LogP contribution < -0.4 is 15.5 Å². The van der Waals surface area contributed by atoms with Gasteiger partial charge >= 0.3 is 0 Å². The number of halogens is 2. The van der Waals surface area contributed by atoms with Gasteiger partial charge in [0.1, 0.15) is 11.5 Å². The van der Waals surface area contributed by atoms with E-state index in [9.17, 15) is 29.4 Å². The van der Waals surface area contributed by atoms with Gasteiger partial charge in [0.25, 0.3) is 0 Å². The van der Waals surface area contributed by atoms with E-state index in [0.717, 1.165) is 40.3 Å². The van der Waals surface area contributed by atoms with Crippen LogP contribution in [-0.2, 0) is 25.7 Å². The first-order valence-electron chi connectivity index (χ1n) is 16.9. The van der Waals surface area contributed by atoms with Gasteiger partial charge in [0.15, 0.2) is 0 Å². The molecule has 262 valence electrons. The van der Waals surface area contributed by atoms with E-state index in [-0.39, 0.29) is 53.0 Å². The Morgan fingerprint density at radius 2 is 1.28 bits per heavy atom. The van der Waals surface area contributed by atoms with Gasteiger partial charge in [-0.2, -0.15) is 0 Å². The molecule has 4 aromatic rings. The summed E-state index contributed by atoms with van der Waals surface area (Å²) in [5.74, 6) is 0.0923. The molecule has 0 aromatic heterocycles. The quantitative estimate of drug-likeness (QED) is 0.0928. The van der Waals surface area contributed by atoms with Crippen molar-refractivity contribution < 1.29 is 29.4 Å². The predicted molar refractivity (Wildman–Crippen MR) is 197 cm³/mol. The summed E-state index contributed by atoms with van der Waals surface area (Å²) in [7, 11) is 0. The number of phenolic OH excluding ortho intramolecular Hbond substituents is 2.